The maximum absolute atomic E-state index is 8.89. The first-order valence-electron chi connectivity index (χ1n) is 24.7. The van der Waals surface area contributed by atoms with Crippen LogP contribution in [0.2, 0.25) is 0 Å². The normalized spacial score (nSPS) is 50.0. The number of hydrogen-bond acceptors (Lipinski definition) is 4. The van der Waals surface area contributed by atoms with Crippen LogP contribution in [0.5, 0.6) is 0 Å². The predicted molar refractivity (Wildman–Crippen MR) is 229 cm³/mol. The van der Waals surface area contributed by atoms with Gasteiger partial charge in [0.1, 0.15) is 0 Å². The minimum absolute atomic E-state index is 0. The standard InChI is InChI=1S/2C23H37P.2C2H4O2.Pd/c2*1-2-3-24(22-10-16-4-17(11-22)6-18(5-16)12-22)23-13-19-7-20(14-23)9-21(8-19)15-23;2*1-2(3)4;/h2*16-21H,2-15H2,1H3;2*1H3,(H,3,4);/q;;;;+2/p-2. The van der Waals surface area contributed by atoms with Gasteiger partial charge in [-0.15, -0.1) is 0 Å². The Morgan fingerprint density at radius 1 is 0.386 bits per heavy atom. The van der Waals surface area contributed by atoms with Gasteiger partial charge in [-0.2, -0.15) is 0 Å². The fourth-order valence-electron chi connectivity index (χ4n) is 20.0. The predicted octanol–water partition coefficient (Wildman–Crippen LogP) is 11.1. The van der Waals surface area contributed by atoms with E-state index in [2.05, 4.69) is 13.8 Å². The number of carboxylic acid groups (broad SMARTS) is 2. The number of aliphatic carboxylic acids is 2. The molecule has 0 heterocycles. The van der Waals surface area contributed by atoms with Crippen molar-refractivity contribution in [1.82, 2.24) is 0 Å². The van der Waals surface area contributed by atoms with Crippen molar-refractivity contribution in [2.24, 2.45) is 71.0 Å². The second-order valence-electron chi connectivity index (χ2n) is 23.9. The van der Waals surface area contributed by atoms with Gasteiger partial charge in [-0.25, -0.2) is 0 Å². The zero-order valence-electron chi connectivity index (χ0n) is 36.6. The van der Waals surface area contributed by atoms with Crippen LogP contribution in [-0.2, 0) is 30.0 Å². The van der Waals surface area contributed by atoms with Crippen molar-refractivity contribution in [3.8, 4) is 0 Å². The van der Waals surface area contributed by atoms with E-state index >= 15 is 0 Å². The number of carbonyl (C=O) groups excluding carboxylic acids is 2. The molecule has 0 aromatic rings. The molecule has 0 N–H and O–H groups in total. The molecule has 0 aromatic carbocycles. The average molecular weight is 914 g/mol. The van der Waals surface area contributed by atoms with Crippen LogP contribution >= 0.6 is 15.8 Å². The number of hydrogen-bond donors (Lipinski definition) is 0. The zero-order valence-corrected chi connectivity index (χ0v) is 39.9. The maximum atomic E-state index is 8.89. The Kier molecular flexibility index (Phi) is 13.3. The van der Waals surface area contributed by atoms with Gasteiger partial charge in [0, 0.05) is 11.9 Å². The summed E-state index contributed by atoms with van der Waals surface area (Å²) in [6.45, 7) is 6.96. The van der Waals surface area contributed by atoms with Crippen LogP contribution in [0.1, 0.15) is 195 Å². The summed E-state index contributed by atoms with van der Waals surface area (Å²) in [5, 5.41) is 21.3. The summed E-state index contributed by atoms with van der Waals surface area (Å²) >= 11 is 0. The van der Waals surface area contributed by atoms with Gasteiger partial charge in [0.05, 0.1) is 0 Å². The molecule has 0 aliphatic heterocycles. The molecule has 57 heavy (non-hydrogen) atoms. The van der Waals surface area contributed by atoms with E-state index in [1.54, 1.807) is 166 Å². The smallest absolute Gasteiger partial charge is 0.550 e. The summed E-state index contributed by atoms with van der Waals surface area (Å²) in [7, 11) is 0.582. The van der Waals surface area contributed by atoms with Crippen molar-refractivity contribution in [3.63, 3.8) is 0 Å². The van der Waals surface area contributed by atoms with Crippen molar-refractivity contribution in [3.05, 3.63) is 0 Å². The van der Waals surface area contributed by atoms with Gasteiger partial charge in [0.2, 0.25) is 0 Å². The first-order chi connectivity index (χ1) is 26.8. The van der Waals surface area contributed by atoms with E-state index < -0.39 is 11.9 Å². The van der Waals surface area contributed by atoms with Crippen LogP contribution in [-0.4, -0.2) is 44.9 Å². The van der Waals surface area contributed by atoms with Crippen molar-refractivity contribution < 1.29 is 40.2 Å². The van der Waals surface area contributed by atoms with Gasteiger partial charge in [0.15, 0.2) is 0 Å². The van der Waals surface area contributed by atoms with Gasteiger partial charge >= 0.3 is 20.4 Å². The van der Waals surface area contributed by atoms with Crippen molar-refractivity contribution in [2.45, 2.75) is 215 Å². The third-order valence-corrected chi connectivity index (χ3v) is 27.8. The maximum Gasteiger partial charge on any atom is 2.00 e. The summed E-state index contributed by atoms with van der Waals surface area (Å²) in [6.07, 6.45) is 46.1. The molecule has 16 fully saturated rings. The summed E-state index contributed by atoms with van der Waals surface area (Å²) < 4.78 is 0. The van der Waals surface area contributed by atoms with E-state index in [0.29, 0.717) is 15.8 Å². The summed E-state index contributed by atoms with van der Waals surface area (Å²) in [5.74, 6) is 11.7. The van der Waals surface area contributed by atoms with E-state index in [9.17, 15) is 0 Å². The molecule has 324 valence electrons. The van der Waals surface area contributed by atoms with Gasteiger partial charge in [-0.3, -0.25) is 0 Å². The molecular formula is C50H80O4P2Pd. The van der Waals surface area contributed by atoms with E-state index in [4.69, 9.17) is 19.8 Å². The van der Waals surface area contributed by atoms with E-state index in [1.165, 1.54) is 12.8 Å². The molecule has 0 radical (unpaired) electrons. The number of rotatable bonds is 8. The Balaban J connectivity index is 0.000000133. The molecule has 16 rings (SSSR count). The van der Waals surface area contributed by atoms with Crippen molar-refractivity contribution in [2.75, 3.05) is 12.3 Å². The fourth-order valence-corrected chi connectivity index (χ4v) is 30.5. The molecule has 0 saturated heterocycles. The van der Waals surface area contributed by atoms with Crippen LogP contribution in [0.15, 0.2) is 0 Å². The molecule has 7 heteroatoms. The number of carbonyl (C=O) groups is 2. The Bertz CT molecular complexity index is 1100. The minimum Gasteiger partial charge on any atom is -0.550 e. The van der Waals surface area contributed by atoms with Gasteiger partial charge in [-0.05, 0) is 272 Å². The monoisotopic (exact) mass is 912 g/mol. The van der Waals surface area contributed by atoms with E-state index in [-0.39, 0.29) is 20.4 Å². The topological polar surface area (TPSA) is 80.3 Å². The van der Waals surface area contributed by atoms with Crippen LogP contribution in [0.4, 0.5) is 0 Å². The van der Waals surface area contributed by atoms with Crippen molar-refractivity contribution >= 4 is 27.8 Å². The third kappa shape index (κ3) is 8.74. The fraction of sp³-hybridized carbons (Fsp3) is 0.960. The van der Waals surface area contributed by atoms with Crippen LogP contribution in [0.25, 0.3) is 0 Å². The molecule has 16 bridgehead atoms. The molecule has 16 aliphatic carbocycles. The molecule has 4 nitrogen and oxygen atoms in total. The second kappa shape index (κ2) is 17.2. The third-order valence-electron chi connectivity index (χ3n) is 19.2. The first kappa shape index (κ1) is 44.1. The van der Waals surface area contributed by atoms with E-state index in [0.717, 1.165) is 105 Å². The molecule has 16 saturated carbocycles. The van der Waals surface area contributed by atoms with Gasteiger partial charge in [-0.1, -0.05) is 42.5 Å². The largest absolute Gasteiger partial charge is 2.00 e. The molecule has 0 aromatic heterocycles. The van der Waals surface area contributed by atoms with Crippen LogP contribution < -0.4 is 10.2 Å². The molecule has 0 amide bonds. The molecule has 0 atom stereocenters. The summed E-state index contributed by atoms with van der Waals surface area (Å²) in [5.41, 5.74) is 0. The Labute approximate surface area is 364 Å². The Hall–Kier alpha value is 0.462. The molecule has 0 spiro atoms. The van der Waals surface area contributed by atoms with Gasteiger partial charge < -0.3 is 19.8 Å². The SMILES string of the molecule is CC(=O)[O-].CC(=O)[O-].CCCP(C12CC3CC(CC(C3)C1)C2)C12CC3CC(CC(C3)C1)C2.CCCP(C12CC3CC(CC(C3)C1)C2)C12CC3CC(CC(C3)C1)C2.[Pd+2]. The molecule has 0 unspecified atom stereocenters. The quantitative estimate of drug-likeness (QED) is 0.179. The second-order valence-corrected chi connectivity index (χ2v) is 30.3. The zero-order chi connectivity index (χ0) is 39.0. The van der Waals surface area contributed by atoms with Crippen LogP contribution in [0, 0.1) is 71.0 Å². The van der Waals surface area contributed by atoms with Gasteiger partial charge in [0.25, 0.3) is 0 Å². The Morgan fingerprint density at radius 3 is 0.614 bits per heavy atom. The van der Waals surface area contributed by atoms with Crippen LogP contribution in [0.3, 0.4) is 0 Å². The summed E-state index contributed by atoms with van der Waals surface area (Å²) in [6, 6.07) is 0. The van der Waals surface area contributed by atoms with E-state index in [1.807, 2.05) is 0 Å². The van der Waals surface area contributed by atoms with Crippen molar-refractivity contribution in [1.29, 1.82) is 0 Å². The minimum atomic E-state index is -1.08. The molecule has 16 aliphatic rings. The average Bonchev–Trinajstić information content (AvgIpc) is 3.07. The Morgan fingerprint density at radius 2 is 0.509 bits per heavy atom. The first-order valence-corrected chi connectivity index (χ1v) is 27.8. The number of carboxylic acids is 2. The summed E-state index contributed by atoms with van der Waals surface area (Å²) in [4.78, 5) is 17.8. The molecular weight excluding hydrogens is 833 g/mol.